The van der Waals surface area contributed by atoms with Crippen molar-refractivity contribution in [2.45, 2.75) is 45.7 Å². The third kappa shape index (κ3) is 9.23. The standard InChI is InChI=1S/C11H26N4O2S/c1-10(2,3)14-9(12-6)13-8-11(4,5)15-18(7,16)17/h15H,8H2,1-7H3,(H2,12,13,14). The summed E-state index contributed by atoms with van der Waals surface area (Å²) in [6.07, 6.45) is 1.15. The van der Waals surface area contributed by atoms with E-state index in [1.54, 1.807) is 7.05 Å². The summed E-state index contributed by atoms with van der Waals surface area (Å²) in [6.45, 7) is 10.1. The van der Waals surface area contributed by atoms with Crippen molar-refractivity contribution < 1.29 is 8.42 Å². The van der Waals surface area contributed by atoms with Crippen molar-refractivity contribution in [2.75, 3.05) is 19.8 Å². The van der Waals surface area contributed by atoms with Crippen molar-refractivity contribution in [1.82, 2.24) is 15.4 Å². The number of hydrogen-bond acceptors (Lipinski definition) is 3. The molecule has 0 aromatic carbocycles. The van der Waals surface area contributed by atoms with E-state index in [9.17, 15) is 8.42 Å². The summed E-state index contributed by atoms with van der Waals surface area (Å²) in [5.41, 5.74) is -0.681. The average molecular weight is 278 g/mol. The van der Waals surface area contributed by atoms with E-state index in [0.29, 0.717) is 12.5 Å². The first-order valence-electron chi connectivity index (χ1n) is 5.82. The zero-order chi connectivity index (χ0) is 14.6. The Morgan fingerprint density at radius 3 is 2.00 bits per heavy atom. The molecule has 0 spiro atoms. The number of rotatable bonds is 4. The number of sulfonamides is 1. The largest absolute Gasteiger partial charge is 0.355 e. The highest BCUT2D eigenvalue weighted by Gasteiger charge is 2.23. The van der Waals surface area contributed by atoms with E-state index in [-0.39, 0.29) is 5.54 Å². The smallest absolute Gasteiger partial charge is 0.209 e. The lowest BCUT2D eigenvalue weighted by molar-refractivity contribution is 0.438. The van der Waals surface area contributed by atoms with Crippen molar-refractivity contribution in [2.24, 2.45) is 4.99 Å². The molecule has 0 aliphatic rings. The molecule has 0 heterocycles. The van der Waals surface area contributed by atoms with Gasteiger partial charge in [-0.25, -0.2) is 13.1 Å². The Kier molecular flexibility index (Phi) is 5.61. The molecule has 0 rings (SSSR count). The average Bonchev–Trinajstić information content (AvgIpc) is 2.06. The lowest BCUT2D eigenvalue weighted by atomic mass is 10.1. The highest BCUT2D eigenvalue weighted by molar-refractivity contribution is 7.88. The monoisotopic (exact) mass is 278 g/mol. The van der Waals surface area contributed by atoms with Gasteiger partial charge in [0.05, 0.1) is 6.26 Å². The van der Waals surface area contributed by atoms with Gasteiger partial charge in [0.25, 0.3) is 0 Å². The molecule has 0 aliphatic heterocycles. The van der Waals surface area contributed by atoms with Crippen molar-refractivity contribution in [3.63, 3.8) is 0 Å². The minimum Gasteiger partial charge on any atom is -0.355 e. The first kappa shape index (κ1) is 17.2. The van der Waals surface area contributed by atoms with E-state index in [1.807, 2.05) is 34.6 Å². The summed E-state index contributed by atoms with van der Waals surface area (Å²) >= 11 is 0. The molecule has 0 fully saturated rings. The summed E-state index contributed by atoms with van der Waals surface area (Å²) < 4.78 is 25.0. The molecule has 0 aliphatic carbocycles. The van der Waals surface area contributed by atoms with Gasteiger partial charge in [-0.2, -0.15) is 0 Å². The molecular weight excluding hydrogens is 252 g/mol. The minimum absolute atomic E-state index is 0.101. The van der Waals surface area contributed by atoms with Crippen molar-refractivity contribution in [3.8, 4) is 0 Å². The highest BCUT2D eigenvalue weighted by Crippen LogP contribution is 2.02. The van der Waals surface area contributed by atoms with Crippen molar-refractivity contribution >= 4 is 16.0 Å². The molecule has 0 saturated heterocycles. The molecule has 0 amide bonds. The topological polar surface area (TPSA) is 82.6 Å². The van der Waals surface area contributed by atoms with Crippen LogP contribution in [0.5, 0.6) is 0 Å². The van der Waals surface area contributed by atoms with Crippen LogP contribution in [-0.4, -0.2) is 45.3 Å². The summed E-state index contributed by atoms with van der Waals surface area (Å²) in [7, 11) is -1.54. The molecule has 0 aromatic rings. The normalized spacial score (nSPS) is 14.5. The van der Waals surface area contributed by atoms with Gasteiger partial charge in [0.1, 0.15) is 0 Å². The summed E-state index contributed by atoms with van der Waals surface area (Å²) in [5.74, 6) is 0.644. The van der Waals surface area contributed by atoms with Crippen LogP contribution in [0.15, 0.2) is 4.99 Å². The van der Waals surface area contributed by atoms with Gasteiger partial charge in [0.2, 0.25) is 10.0 Å². The van der Waals surface area contributed by atoms with Crippen LogP contribution in [0.2, 0.25) is 0 Å². The fraction of sp³-hybridized carbons (Fsp3) is 0.909. The van der Waals surface area contributed by atoms with E-state index in [4.69, 9.17) is 0 Å². The first-order valence-corrected chi connectivity index (χ1v) is 7.72. The molecule has 0 unspecified atom stereocenters. The predicted molar refractivity (Wildman–Crippen MR) is 76.3 cm³/mol. The Morgan fingerprint density at radius 1 is 1.17 bits per heavy atom. The molecule has 3 N–H and O–H groups in total. The van der Waals surface area contributed by atoms with Gasteiger partial charge in [-0.05, 0) is 34.6 Å². The molecule has 7 heteroatoms. The number of guanidine groups is 1. The van der Waals surface area contributed by atoms with Crippen molar-refractivity contribution in [3.05, 3.63) is 0 Å². The minimum atomic E-state index is -3.22. The molecule has 18 heavy (non-hydrogen) atoms. The fourth-order valence-corrected chi connectivity index (χ4v) is 2.45. The molecular formula is C11H26N4O2S. The van der Waals surface area contributed by atoms with E-state index in [0.717, 1.165) is 6.26 Å². The molecule has 0 atom stereocenters. The fourth-order valence-electron chi connectivity index (χ4n) is 1.38. The Morgan fingerprint density at radius 2 is 1.67 bits per heavy atom. The molecule has 0 bridgehead atoms. The van der Waals surface area contributed by atoms with Crippen LogP contribution in [0.4, 0.5) is 0 Å². The van der Waals surface area contributed by atoms with Crippen LogP contribution in [0.1, 0.15) is 34.6 Å². The second-order valence-electron chi connectivity index (χ2n) is 6.06. The maximum Gasteiger partial charge on any atom is 0.209 e. The number of aliphatic imine (C=N–C) groups is 1. The Hall–Kier alpha value is -0.820. The van der Waals surface area contributed by atoms with E-state index >= 15 is 0 Å². The van der Waals surface area contributed by atoms with Gasteiger partial charge in [-0.1, -0.05) is 0 Å². The Labute approximate surface area is 111 Å². The molecule has 6 nitrogen and oxygen atoms in total. The third-order valence-corrected chi connectivity index (χ3v) is 2.80. The quantitative estimate of drug-likeness (QED) is 0.509. The summed E-state index contributed by atoms with van der Waals surface area (Å²) in [6, 6.07) is 0. The van der Waals surface area contributed by atoms with Crippen LogP contribution >= 0.6 is 0 Å². The first-order chi connectivity index (χ1) is 7.85. The van der Waals surface area contributed by atoms with Crippen LogP contribution in [0.25, 0.3) is 0 Å². The van der Waals surface area contributed by atoms with Gasteiger partial charge in [-0.3, -0.25) is 4.99 Å². The van der Waals surface area contributed by atoms with Gasteiger partial charge in [0.15, 0.2) is 5.96 Å². The second kappa shape index (κ2) is 5.88. The Balaban J connectivity index is 4.46. The summed E-state index contributed by atoms with van der Waals surface area (Å²) in [4.78, 5) is 4.09. The number of hydrogen-bond donors (Lipinski definition) is 3. The zero-order valence-corrected chi connectivity index (χ0v) is 13.2. The van der Waals surface area contributed by atoms with Gasteiger partial charge >= 0.3 is 0 Å². The second-order valence-corrected chi connectivity index (χ2v) is 7.81. The van der Waals surface area contributed by atoms with Crippen LogP contribution in [0, 0.1) is 0 Å². The van der Waals surface area contributed by atoms with E-state index < -0.39 is 15.6 Å². The maximum atomic E-state index is 11.2. The molecule has 0 aromatic heterocycles. The maximum absolute atomic E-state index is 11.2. The van der Waals surface area contributed by atoms with Crippen molar-refractivity contribution in [1.29, 1.82) is 0 Å². The van der Waals surface area contributed by atoms with Gasteiger partial charge < -0.3 is 10.6 Å². The number of nitrogens with one attached hydrogen (secondary N) is 3. The highest BCUT2D eigenvalue weighted by atomic mass is 32.2. The van der Waals surface area contributed by atoms with Crippen LogP contribution in [0.3, 0.4) is 0 Å². The van der Waals surface area contributed by atoms with E-state index in [1.165, 1.54) is 0 Å². The number of nitrogens with zero attached hydrogens (tertiary/aromatic N) is 1. The molecule has 0 radical (unpaired) electrons. The Bertz CT molecular complexity index is 394. The lowest BCUT2D eigenvalue weighted by Gasteiger charge is -2.29. The summed E-state index contributed by atoms with van der Waals surface area (Å²) in [5, 5.41) is 6.30. The zero-order valence-electron chi connectivity index (χ0n) is 12.4. The molecule has 108 valence electrons. The third-order valence-electron chi connectivity index (χ3n) is 1.88. The van der Waals surface area contributed by atoms with Gasteiger partial charge in [-0.15, -0.1) is 0 Å². The van der Waals surface area contributed by atoms with E-state index in [2.05, 4.69) is 20.3 Å². The van der Waals surface area contributed by atoms with Crippen LogP contribution < -0.4 is 15.4 Å². The predicted octanol–water partition coefficient (Wildman–Crippen LogP) is 0.278. The SMILES string of the molecule is CN=C(NCC(C)(C)NS(C)(=O)=O)NC(C)(C)C. The van der Waals surface area contributed by atoms with Gasteiger partial charge in [0, 0.05) is 24.7 Å². The lowest BCUT2D eigenvalue weighted by Crippen LogP contribution is -2.55. The van der Waals surface area contributed by atoms with Crippen LogP contribution in [-0.2, 0) is 10.0 Å². The molecule has 0 saturated carbocycles.